The van der Waals surface area contributed by atoms with Crippen LogP contribution in [0.25, 0.3) is 0 Å². The number of rotatable bonds is 6. The van der Waals surface area contributed by atoms with Crippen LogP contribution in [0.3, 0.4) is 0 Å². The number of carboxylic acids is 1. The fraction of sp³-hybridized carbons (Fsp3) is 0.348. The molecule has 1 unspecified atom stereocenters. The second kappa shape index (κ2) is 12.1. The van der Waals surface area contributed by atoms with E-state index in [1.54, 1.807) is 24.3 Å². The third kappa shape index (κ3) is 7.55. The van der Waals surface area contributed by atoms with Gasteiger partial charge in [-0.3, -0.25) is 20.0 Å². The van der Waals surface area contributed by atoms with Crippen LogP contribution in [-0.4, -0.2) is 86.0 Å². The molecule has 0 aliphatic carbocycles. The number of carbonyl (C=O) groups excluding carboxylic acids is 1. The van der Waals surface area contributed by atoms with Crippen molar-refractivity contribution in [3.05, 3.63) is 58.1 Å². The Balaban J connectivity index is 0.000000886. The number of anilines is 1. The predicted molar refractivity (Wildman–Crippen MR) is 140 cm³/mol. The molecule has 0 bridgehead atoms. The maximum atomic E-state index is 12.9. The zero-order chi connectivity index (χ0) is 27.3. The summed E-state index contributed by atoms with van der Waals surface area (Å²) in [5.41, 5.74) is 6.72. The molecule has 2 aromatic carbocycles. The van der Waals surface area contributed by atoms with E-state index in [1.807, 2.05) is 0 Å². The van der Waals surface area contributed by atoms with Crippen LogP contribution in [0, 0.1) is 5.41 Å². The van der Waals surface area contributed by atoms with Crippen LogP contribution < -0.4 is 10.6 Å². The number of sulfonamides is 1. The number of carboxylic acid groups (broad SMARTS) is 1. The number of cyclic esters (lactones) is 1. The first kappa shape index (κ1) is 28.7. The van der Waals surface area contributed by atoms with Crippen molar-refractivity contribution in [1.29, 1.82) is 5.41 Å². The van der Waals surface area contributed by atoms with Crippen molar-refractivity contribution in [3.8, 4) is 0 Å². The topological polar surface area (TPSA) is 157 Å². The van der Waals surface area contributed by atoms with Gasteiger partial charge >= 0.3 is 6.09 Å². The molecule has 0 radical (unpaired) electrons. The number of ether oxygens (including phenoxy) is 1. The van der Waals surface area contributed by atoms with Gasteiger partial charge in [-0.1, -0.05) is 23.2 Å². The standard InChI is InChI=1S/C21H23Cl2N5O4S.C2H4O2/c22-15-9-16(23)11-19(10-15)33(30,31)27-7-5-26(6-8-27)12-18-13-28(21(29)32-18)17-3-1-14(2-4-17)20(24)25;1-2(3)4/h1-4,9-11,18H,5-8,12-13H2,(H3,24,25);1H3,(H,3,4). The van der Waals surface area contributed by atoms with E-state index >= 15 is 0 Å². The van der Waals surface area contributed by atoms with Gasteiger partial charge in [0.25, 0.3) is 5.97 Å². The summed E-state index contributed by atoms with van der Waals surface area (Å²) < 4.78 is 32.8. The van der Waals surface area contributed by atoms with E-state index in [-0.39, 0.29) is 26.9 Å². The lowest BCUT2D eigenvalue weighted by Crippen LogP contribution is -2.50. The van der Waals surface area contributed by atoms with Crippen molar-refractivity contribution in [2.24, 2.45) is 5.73 Å². The molecule has 2 fully saturated rings. The Morgan fingerprint density at radius 2 is 1.65 bits per heavy atom. The minimum atomic E-state index is -3.70. The molecule has 14 heteroatoms. The average molecular weight is 572 g/mol. The highest BCUT2D eigenvalue weighted by Crippen LogP contribution is 2.26. The van der Waals surface area contributed by atoms with Gasteiger partial charge in [-0.2, -0.15) is 4.31 Å². The van der Waals surface area contributed by atoms with Crippen molar-refractivity contribution in [1.82, 2.24) is 9.21 Å². The van der Waals surface area contributed by atoms with Gasteiger partial charge in [0.05, 0.1) is 11.4 Å². The van der Waals surface area contributed by atoms with Crippen LogP contribution in [0.2, 0.25) is 10.0 Å². The molecule has 37 heavy (non-hydrogen) atoms. The van der Waals surface area contributed by atoms with Gasteiger partial charge in [0.1, 0.15) is 11.9 Å². The summed E-state index contributed by atoms with van der Waals surface area (Å²) in [5.74, 6) is -0.872. The molecule has 1 amide bonds. The van der Waals surface area contributed by atoms with Crippen molar-refractivity contribution < 1.29 is 27.9 Å². The monoisotopic (exact) mass is 571 g/mol. The number of nitrogens with two attached hydrogens (primary N) is 1. The molecule has 2 heterocycles. The molecule has 4 N–H and O–H groups in total. The minimum Gasteiger partial charge on any atom is -0.481 e. The normalized spacial score (nSPS) is 18.6. The summed E-state index contributed by atoms with van der Waals surface area (Å²) in [6, 6.07) is 11.1. The first-order valence-electron chi connectivity index (χ1n) is 11.2. The molecule has 0 spiro atoms. The number of nitrogen functional groups attached to an aromatic ring is 1. The van der Waals surface area contributed by atoms with Crippen LogP contribution in [-0.2, 0) is 19.6 Å². The Kier molecular flexibility index (Phi) is 9.37. The van der Waals surface area contributed by atoms with Crippen LogP contribution in [0.15, 0.2) is 47.4 Å². The number of piperazine rings is 1. The number of carbonyl (C=O) groups is 2. The fourth-order valence-corrected chi connectivity index (χ4v) is 6.06. The highest BCUT2D eigenvalue weighted by Gasteiger charge is 2.35. The molecule has 0 aromatic heterocycles. The Morgan fingerprint density at radius 3 is 2.16 bits per heavy atom. The van der Waals surface area contributed by atoms with Crippen molar-refractivity contribution in [3.63, 3.8) is 0 Å². The smallest absolute Gasteiger partial charge is 0.414 e. The quantitative estimate of drug-likeness (QED) is 0.352. The van der Waals surface area contributed by atoms with Crippen LogP contribution in [0.4, 0.5) is 10.5 Å². The second-order valence-electron chi connectivity index (χ2n) is 8.41. The third-order valence-electron chi connectivity index (χ3n) is 5.63. The third-order valence-corrected chi connectivity index (χ3v) is 7.94. The number of amidine groups is 1. The Bertz CT molecular complexity index is 1240. The van der Waals surface area contributed by atoms with Gasteiger partial charge < -0.3 is 15.6 Å². The number of hydrogen-bond acceptors (Lipinski definition) is 7. The van der Waals surface area contributed by atoms with E-state index in [0.717, 1.165) is 6.92 Å². The van der Waals surface area contributed by atoms with Crippen LogP contribution in [0.5, 0.6) is 0 Å². The lowest BCUT2D eigenvalue weighted by atomic mass is 10.2. The summed E-state index contributed by atoms with van der Waals surface area (Å²) in [4.78, 5) is 25.0. The largest absolute Gasteiger partial charge is 0.481 e. The van der Waals surface area contributed by atoms with Gasteiger partial charge in [0.15, 0.2) is 0 Å². The lowest BCUT2D eigenvalue weighted by Gasteiger charge is -2.34. The van der Waals surface area contributed by atoms with Crippen LogP contribution in [0.1, 0.15) is 12.5 Å². The van der Waals surface area contributed by atoms with E-state index in [1.165, 1.54) is 27.4 Å². The zero-order valence-electron chi connectivity index (χ0n) is 19.9. The molecular formula is C23H27Cl2N5O6S. The highest BCUT2D eigenvalue weighted by atomic mass is 35.5. The van der Waals surface area contributed by atoms with E-state index in [0.29, 0.717) is 50.5 Å². The summed E-state index contributed by atoms with van der Waals surface area (Å²) >= 11 is 11.9. The number of hydrogen-bond donors (Lipinski definition) is 3. The molecule has 2 aliphatic rings. The summed E-state index contributed by atoms with van der Waals surface area (Å²) in [6.07, 6.45) is -0.769. The van der Waals surface area contributed by atoms with Crippen molar-refractivity contribution in [2.75, 3.05) is 44.2 Å². The van der Waals surface area contributed by atoms with Gasteiger partial charge in [0, 0.05) is 60.9 Å². The average Bonchev–Trinajstić information content (AvgIpc) is 3.18. The Hall–Kier alpha value is -2.90. The first-order chi connectivity index (χ1) is 17.4. The molecule has 2 aliphatic heterocycles. The number of nitrogens with one attached hydrogen (secondary N) is 1. The van der Waals surface area contributed by atoms with Gasteiger partial charge in [-0.15, -0.1) is 0 Å². The van der Waals surface area contributed by atoms with Gasteiger partial charge in [-0.25, -0.2) is 13.2 Å². The lowest BCUT2D eigenvalue weighted by molar-refractivity contribution is -0.134. The first-order valence-corrected chi connectivity index (χ1v) is 13.4. The zero-order valence-corrected chi connectivity index (χ0v) is 22.3. The Labute approximate surface area is 224 Å². The van der Waals surface area contributed by atoms with Crippen LogP contribution >= 0.6 is 23.2 Å². The fourth-order valence-electron chi connectivity index (χ4n) is 3.92. The summed E-state index contributed by atoms with van der Waals surface area (Å²) in [6.45, 7) is 3.61. The predicted octanol–water partition coefficient (Wildman–Crippen LogP) is 2.70. The molecule has 0 saturated carbocycles. The summed E-state index contributed by atoms with van der Waals surface area (Å²) in [5, 5.41) is 15.4. The molecule has 2 saturated heterocycles. The molecule has 11 nitrogen and oxygen atoms in total. The number of halogens is 2. The molecule has 2 aromatic rings. The Morgan fingerprint density at radius 1 is 1.11 bits per heavy atom. The summed E-state index contributed by atoms with van der Waals surface area (Å²) in [7, 11) is -3.70. The van der Waals surface area contributed by atoms with Crippen molar-refractivity contribution in [2.45, 2.75) is 17.9 Å². The molecule has 4 rings (SSSR count). The SMILES string of the molecule is CC(=O)O.N=C(N)c1ccc(N2CC(CN3CCN(S(=O)(=O)c4cc(Cl)cc(Cl)c4)CC3)OC2=O)cc1. The maximum absolute atomic E-state index is 12.9. The van der Waals surface area contributed by atoms with E-state index < -0.39 is 22.1 Å². The molecular weight excluding hydrogens is 545 g/mol. The highest BCUT2D eigenvalue weighted by molar-refractivity contribution is 7.89. The number of aliphatic carboxylic acids is 1. The maximum Gasteiger partial charge on any atom is 0.414 e. The number of benzene rings is 2. The minimum absolute atomic E-state index is 0.0389. The number of amides is 1. The molecule has 1 atom stereocenters. The van der Waals surface area contributed by atoms with Crippen molar-refractivity contribution >= 4 is 56.8 Å². The van der Waals surface area contributed by atoms with E-state index in [2.05, 4.69) is 4.90 Å². The second-order valence-corrected chi connectivity index (χ2v) is 11.2. The molecule has 200 valence electrons. The van der Waals surface area contributed by atoms with Gasteiger partial charge in [0.2, 0.25) is 10.0 Å². The number of nitrogens with zero attached hydrogens (tertiary/aromatic N) is 3. The van der Waals surface area contributed by atoms with Gasteiger partial charge in [-0.05, 0) is 42.5 Å². The van der Waals surface area contributed by atoms with E-state index in [9.17, 15) is 13.2 Å². The van der Waals surface area contributed by atoms with E-state index in [4.69, 9.17) is 49.0 Å².